The number of ether oxygens (including phenoxy) is 1. The van der Waals surface area contributed by atoms with E-state index in [1.165, 1.54) is 96.0 Å². The number of carboxylic acid groups (broad SMARTS) is 1. The topological polar surface area (TPSA) is 63.6 Å². The van der Waals surface area contributed by atoms with Crippen LogP contribution >= 0.6 is 0 Å². The van der Waals surface area contributed by atoms with Crippen molar-refractivity contribution >= 4 is 11.9 Å². The SMILES string of the molecule is C=COC(=O)C=CCCCCCCCCCCCCCCCCCCCC(=O)O. The Bertz CT molecular complexity index is 429. The minimum Gasteiger partial charge on any atom is -0.481 e. The zero-order valence-corrected chi connectivity index (χ0v) is 18.5. The van der Waals surface area contributed by atoms with Gasteiger partial charge in [0.25, 0.3) is 0 Å². The van der Waals surface area contributed by atoms with Crippen LogP contribution in [-0.4, -0.2) is 17.0 Å². The highest BCUT2D eigenvalue weighted by atomic mass is 16.5. The molecular weight excluding hydrogens is 364 g/mol. The normalized spacial score (nSPS) is 11.0. The summed E-state index contributed by atoms with van der Waals surface area (Å²) in [5.74, 6) is -1.01. The molecule has 0 aromatic heterocycles. The van der Waals surface area contributed by atoms with Crippen LogP contribution in [0.4, 0.5) is 0 Å². The third kappa shape index (κ3) is 24.4. The van der Waals surface area contributed by atoms with Crippen LogP contribution in [0.1, 0.15) is 122 Å². The summed E-state index contributed by atoms with van der Waals surface area (Å²) >= 11 is 0. The molecule has 0 spiro atoms. The monoisotopic (exact) mass is 408 g/mol. The molecule has 4 heteroatoms. The second-order valence-corrected chi connectivity index (χ2v) is 7.95. The molecule has 0 fully saturated rings. The summed E-state index contributed by atoms with van der Waals surface area (Å²) in [6.07, 6.45) is 27.3. The van der Waals surface area contributed by atoms with Crippen molar-refractivity contribution in [2.24, 2.45) is 0 Å². The Balaban J connectivity index is 3.11. The lowest BCUT2D eigenvalue weighted by molar-refractivity contribution is -0.137. The van der Waals surface area contributed by atoms with E-state index in [1.807, 2.05) is 6.08 Å². The smallest absolute Gasteiger partial charge is 0.335 e. The number of hydrogen-bond donors (Lipinski definition) is 1. The summed E-state index contributed by atoms with van der Waals surface area (Å²) in [4.78, 5) is 21.5. The number of allylic oxidation sites excluding steroid dienone is 1. The summed E-state index contributed by atoms with van der Waals surface area (Å²) in [6.45, 7) is 3.35. The molecule has 0 radical (unpaired) electrons. The summed E-state index contributed by atoms with van der Waals surface area (Å²) in [5.41, 5.74) is 0. The van der Waals surface area contributed by atoms with Gasteiger partial charge in [0.15, 0.2) is 0 Å². The number of esters is 1. The van der Waals surface area contributed by atoms with Crippen molar-refractivity contribution < 1.29 is 19.4 Å². The Hall–Kier alpha value is -1.58. The van der Waals surface area contributed by atoms with Crippen molar-refractivity contribution in [3.63, 3.8) is 0 Å². The lowest BCUT2D eigenvalue weighted by Gasteiger charge is -2.03. The number of carbonyl (C=O) groups excluding carboxylic acids is 1. The van der Waals surface area contributed by atoms with E-state index in [-0.39, 0.29) is 5.97 Å². The molecular formula is C25H44O4. The Morgan fingerprint density at radius 2 is 1.03 bits per heavy atom. The van der Waals surface area contributed by atoms with Gasteiger partial charge in [-0.15, -0.1) is 0 Å². The second-order valence-electron chi connectivity index (χ2n) is 7.95. The third-order valence-electron chi connectivity index (χ3n) is 5.21. The van der Waals surface area contributed by atoms with Gasteiger partial charge in [-0.25, -0.2) is 4.79 Å². The number of unbranched alkanes of at least 4 members (excludes halogenated alkanes) is 17. The Morgan fingerprint density at radius 3 is 1.41 bits per heavy atom. The van der Waals surface area contributed by atoms with E-state index in [0.717, 1.165) is 31.9 Å². The van der Waals surface area contributed by atoms with E-state index in [0.29, 0.717) is 6.42 Å². The molecule has 0 saturated carbocycles. The lowest BCUT2D eigenvalue weighted by atomic mass is 10.0. The van der Waals surface area contributed by atoms with Crippen LogP contribution in [0.5, 0.6) is 0 Å². The first kappa shape index (κ1) is 27.4. The third-order valence-corrected chi connectivity index (χ3v) is 5.21. The fourth-order valence-electron chi connectivity index (χ4n) is 3.49. The van der Waals surface area contributed by atoms with Gasteiger partial charge in [-0.3, -0.25) is 4.79 Å². The summed E-state index contributed by atoms with van der Waals surface area (Å²) in [6, 6.07) is 0. The lowest BCUT2D eigenvalue weighted by Crippen LogP contribution is -1.93. The van der Waals surface area contributed by atoms with Gasteiger partial charge in [0, 0.05) is 12.5 Å². The molecule has 0 rings (SSSR count). The van der Waals surface area contributed by atoms with Crippen molar-refractivity contribution in [1.29, 1.82) is 0 Å². The Morgan fingerprint density at radius 1 is 0.655 bits per heavy atom. The van der Waals surface area contributed by atoms with Crippen LogP contribution in [-0.2, 0) is 14.3 Å². The summed E-state index contributed by atoms with van der Waals surface area (Å²) in [5, 5.41) is 8.58. The first-order valence-corrected chi connectivity index (χ1v) is 11.9. The highest BCUT2D eigenvalue weighted by Crippen LogP contribution is 2.14. The molecule has 0 bridgehead atoms. The van der Waals surface area contributed by atoms with Gasteiger partial charge in [0.05, 0.1) is 6.26 Å². The van der Waals surface area contributed by atoms with E-state index in [9.17, 15) is 9.59 Å². The molecule has 0 aliphatic heterocycles. The van der Waals surface area contributed by atoms with Crippen molar-refractivity contribution in [2.75, 3.05) is 0 Å². The van der Waals surface area contributed by atoms with Crippen LogP contribution in [0.15, 0.2) is 25.0 Å². The minimum absolute atomic E-state index is 0.327. The first-order chi connectivity index (χ1) is 14.2. The molecule has 1 N–H and O–H groups in total. The molecule has 168 valence electrons. The van der Waals surface area contributed by atoms with E-state index in [4.69, 9.17) is 5.11 Å². The molecule has 0 saturated heterocycles. The zero-order chi connectivity index (χ0) is 21.4. The maximum Gasteiger partial charge on any atom is 0.335 e. The summed E-state index contributed by atoms with van der Waals surface area (Å²) in [7, 11) is 0. The number of rotatable bonds is 22. The molecule has 0 aromatic rings. The van der Waals surface area contributed by atoms with Crippen molar-refractivity contribution in [2.45, 2.75) is 122 Å². The Kier molecular flexibility index (Phi) is 21.5. The zero-order valence-electron chi connectivity index (χ0n) is 18.5. The van der Waals surface area contributed by atoms with Crippen LogP contribution in [0.25, 0.3) is 0 Å². The minimum atomic E-state index is -0.667. The highest BCUT2D eigenvalue weighted by molar-refractivity contribution is 5.82. The fourth-order valence-corrected chi connectivity index (χ4v) is 3.49. The van der Waals surface area contributed by atoms with Crippen LogP contribution in [0.2, 0.25) is 0 Å². The molecule has 0 aliphatic rings. The number of carbonyl (C=O) groups is 2. The largest absolute Gasteiger partial charge is 0.481 e. The second kappa shape index (κ2) is 22.7. The predicted octanol–water partition coefficient (Wildman–Crippen LogP) is 7.73. The number of hydrogen-bond acceptors (Lipinski definition) is 3. The predicted molar refractivity (Wildman–Crippen MR) is 121 cm³/mol. The quantitative estimate of drug-likeness (QED) is 0.0861. The Labute approximate surface area is 178 Å². The molecule has 29 heavy (non-hydrogen) atoms. The molecule has 0 atom stereocenters. The number of carboxylic acids is 1. The number of aliphatic carboxylic acids is 1. The molecule has 0 amide bonds. The van der Waals surface area contributed by atoms with Crippen molar-refractivity contribution in [1.82, 2.24) is 0 Å². The molecule has 0 aliphatic carbocycles. The fraction of sp³-hybridized carbons (Fsp3) is 0.760. The molecule has 0 heterocycles. The molecule has 0 aromatic carbocycles. The van der Waals surface area contributed by atoms with Gasteiger partial charge in [0.1, 0.15) is 0 Å². The van der Waals surface area contributed by atoms with Gasteiger partial charge >= 0.3 is 11.9 Å². The van der Waals surface area contributed by atoms with E-state index < -0.39 is 5.97 Å². The van der Waals surface area contributed by atoms with Crippen molar-refractivity contribution in [3.05, 3.63) is 25.0 Å². The highest BCUT2D eigenvalue weighted by Gasteiger charge is 1.97. The summed E-state index contributed by atoms with van der Waals surface area (Å²) < 4.78 is 4.61. The van der Waals surface area contributed by atoms with Gasteiger partial charge in [-0.05, 0) is 19.3 Å². The van der Waals surface area contributed by atoms with E-state index in [2.05, 4.69) is 11.3 Å². The van der Waals surface area contributed by atoms with Crippen molar-refractivity contribution in [3.8, 4) is 0 Å². The van der Waals surface area contributed by atoms with Gasteiger partial charge in [-0.1, -0.05) is 109 Å². The van der Waals surface area contributed by atoms with E-state index >= 15 is 0 Å². The standard InChI is InChI=1S/C25H44O4/c1-2-29-25(28)23-21-19-17-15-13-11-9-7-5-3-4-6-8-10-12-14-16-18-20-22-24(26)27/h2,21,23H,1,3-20,22H2,(H,26,27). The van der Waals surface area contributed by atoms with Gasteiger partial charge < -0.3 is 9.84 Å². The first-order valence-electron chi connectivity index (χ1n) is 11.9. The average Bonchev–Trinajstić information content (AvgIpc) is 2.69. The molecule has 0 unspecified atom stereocenters. The van der Waals surface area contributed by atoms with Crippen LogP contribution in [0, 0.1) is 0 Å². The van der Waals surface area contributed by atoms with Gasteiger partial charge in [-0.2, -0.15) is 0 Å². The van der Waals surface area contributed by atoms with Crippen LogP contribution < -0.4 is 0 Å². The van der Waals surface area contributed by atoms with Crippen LogP contribution in [0.3, 0.4) is 0 Å². The maximum atomic E-state index is 11.1. The average molecular weight is 409 g/mol. The van der Waals surface area contributed by atoms with Gasteiger partial charge in [0.2, 0.25) is 0 Å². The van der Waals surface area contributed by atoms with E-state index in [1.54, 1.807) is 0 Å². The maximum absolute atomic E-state index is 11.1. The molecule has 4 nitrogen and oxygen atoms in total.